The highest BCUT2D eigenvalue weighted by Crippen LogP contribution is 2.22. The standard InChI is InChI=1S/C19H16N2O3S/c1-12-7-8-15(16(22)10-12)18(23)20-13-4-2-5-14(11-13)21-19(24)17-6-3-9-25-17/h2-11,22H,1H3,(H,20,23)(H,21,24). The molecular weight excluding hydrogens is 336 g/mol. The summed E-state index contributed by atoms with van der Waals surface area (Å²) >= 11 is 1.36. The number of carbonyl (C=O) groups excluding carboxylic acids is 2. The first-order valence-corrected chi connectivity index (χ1v) is 8.47. The van der Waals surface area contributed by atoms with Crippen molar-refractivity contribution in [3.8, 4) is 5.75 Å². The lowest BCUT2D eigenvalue weighted by Gasteiger charge is -2.09. The fourth-order valence-corrected chi connectivity index (χ4v) is 2.93. The van der Waals surface area contributed by atoms with Crippen LogP contribution < -0.4 is 10.6 Å². The van der Waals surface area contributed by atoms with Gasteiger partial charge in [0.05, 0.1) is 10.4 Å². The normalized spacial score (nSPS) is 10.3. The first-order chi connectivity index (χ1) is 12.0. The molecule has 25 heavy (non-hydrogen) atoms. The lowest BCUT2D eigenvalue weighted by molar-refractivity contribution is 0.101. The van der Waals surface area contributed by atoms with Gasteiger partial charge in [-0.3, -0.25) is 9.59 Å². The minimum absolute atomic E-state index is 0.0698. The van der Waals surface area contributed by atoms with Crippen molar-refractivity contribution in [1.29, 1.82) is 0 Å². The highest BCUT2D eigenvalue weighted by Gasteiger charge is 2.12. The Hall–Kier alpha value is -3.12. The highest BCUT2D eigenvalue weighted by atomic mass is 32.1. The minimum Gasteiger partial charge on any atom is -0.507 e. The molecule has 0 aliphatic carbocycles. The molecule has 2 aromatic carbocycles. The molecule has 5 nitrogen and oxygen atoms in total. The number of amides is 2. The van der Waals surface area contributed by atoms with Crippen LogP contribution in [0.2, 0.25) is 0 Å². The number of carbonyl (C=O) groups is 2. The second-order valence-electron chi connectivity index (χ2n) is 5.49. The average molecular weight is 352 g/mol. The van der Waals surface area contributed by atoms with Gasteiger partial charge in [0, 0.05) is 11.4 Å². The molecule has 0 fully saturated rings. The summed E-state index contributed by atoms with van der Waals surface area (Å²) in [5, 5.41) is 17.2. The molecule has 0 radical (unpaired) electrons. The zero-order valence-electron chi connectivity index (χ0n) is 13.4. The number of anilines is 2. The number of nitrogens with one attached hydrogen (secondary N) is 2. The summed E-state index contributed by atoms with van der Waals surface area (Å²) in [6, 6.07) is 15.3. The minimum atomic E-state index is -0.417. The molecule has 1 aromatic heterocycles. The van der Waals surface area contributed by atoms with Crippen molar-refractivity contribution in [3.63, 3.8) is 0 Å². The van der Waals surface area contributed by atoms with Crippen molar-refractivity contribution in [3.05, 3.63) is 76.0 Å². The highest BCUT2D eigenvalue weighted by molar-refractivity contribution is 7.12. The van der Waals surface area contributed by atoms with Gasteiger partial charge >= 0.3 is 0 Å². The quantitative estimate of drug-likeness (QED) is 0.656. The van der Waals surface area contributed by atoms with Crippen molar-refractivity contribution in [2.45, 2.75) is 6.92 Å². The van der Waals surface area contributed by atoms with Crippen LogP contribution in [0.5, 0.6) is 5.75 Å². The Bertz CT molecular complexity index is 920. The van der Waals surface area contributed by atoms with Crippen LogP contribution in [-0.2, 0) is 0 Å². The van der Waals surface area contributed by atoms with Crippen LogP contribution in [0.3, 0.4) is 0 Å². The van der Waals surface area contributed by atoms with Gasteiger partial charge in [-0.25, -0.2) is 0 Å². The summed E-state index contributed by atoms with van der Waals surface area (Å²) in [6.45, 7) is 1.83. The lowest BCUT2D eigenvalue weighted by Crippen LogP contribution is -2.13. The molecule has 0 saturated carbocycles. The number of benzene rings is 2. The number of aromatic hydroxyl groups is 1. The fourth-order valence-electron chi connectivity index (χ4n) is 2.31. The molecule has 3 aromatic rings. The van der Waals surface area contributed by atoms with Crippen molar-refractivity contribution in [1.82, 2.24) is 0 Å². The second kappa shape index (κ2) is 7.19. The molecule has 0 atom stereocenters. The molecule has 1 heterocycles. The summed E-state index contributed by atoms with van der Waals surface area (Å²) in [6.07, 6.45) is 0. The predicted octanol–water partition coefficient (Wildman–Crippen LogP) is 4.27. The first-order valence-electron chi connectivity index (χ1n) is 7.59. The molecule has 0 saturated heterocycles. The van der Waals surface area contributed by atoms with E-state index >= 15 is 0 Å². The van der Waals surface area contributed by atoms with Crippen LogP contribution in [0.1, 0.15) is 25.6 Å². The Kier molecular flexibility index (Phi) is 4.81. The van der Waals surface area contributed by atoms with Crippen LogP contribution in [0.25, 0.3) is 0 Å². The molecule has 126 valence electrons. The van der Waals surface area contributed by atoms with E-state index in [9.17, 15) is 14.7 Å². The Morgan fingerprint density at radius 1 is 0.920 bits per heavy atom. The summed E-state index contributed by atoms with van der Waals surface area (Å²) < 4.78 is 0. The van der Waals surface area contributed by atoms with E-state index in [0.717, 1.165) is 5.56 Å². The van der Waals surface area contributed by atoms with Crippen molar-refractivity contribution < 1.29 is 14.7 Å². The topological polar surface area (TPSA) is 78.4 Å². The summed E-state index contributed by atoms with van der Waals surface area (Å²) in [5.41, 5.74) is 2.16. The van der Waals surface area contributed by atoms with Gasteiger partial charge in [0.2, 0.25) is 0 Å². The SMILES string of the molecule is Cc1ccc(C(=O)Nc2cccc(NC(=O)c3cccs3)c2)c(O)c1. The monoisotopic (exact) mass is 352 g/mol. The van der Waals surface area contributed by atoms with E-state index < -0.39 is 5.91 Å². The number of phenolic OH excluding ortho intramolecular Hbond substituents is 1. The molecule has 2 amide bonds. The van der Waals surface area contributed by atoms with Crippen LogP contribution in [0.15, 0.2) is 60.0 Å². The zero-order chi connectivity index (χ0) is 17.8. The maximum absolute atomic E-state index is 12.3. The van der Waals surface area contributed by atoms with Gasteiger partial charge in [0.15, 0.2) is 0 Å². The number of aryl methyl sites for hydroxylation is 1. The van der Waals surface area contributed by atoms with Gasteiger partial charge in [-0.2, -0.15) is 0 Å². The maximum Gasteiger partial charge on any atom is 0.265 e. The van der Waals surface area contributed by atoms with E-state index in [1.165, 1.54) is 17.4 Å². The van der Waals surface area contributed by atoms with E-state index in [2.05, 4.69) is 10.6 Å². The molecule has 0 spiro atoms. The van der Waals surface area contributed by atoms with Gasteiger partial charge < -0.3 is 15.7 Å². The van der Waals surface area contributed by atoms with Gasteiger partial charge in [-0.1, -0.05) is 18.2 Å². The third-order valence-electron chi connectivity index (χ3n) is 3.52. The van der Waals surface area contributed by atoms with Gasteiger partial charge in [-0.05, 0) is 54.3 Å². The third-order valence-corrected chi connectivity index (χ3v) is 4.39. The van der Waals surface area contributed by atoms with Crippen molar-refractivity contribution in [2.75, 3.05) is 10.6 Å². The number of thiophene rings is 1. The molecule has 0 aliphatic rings. The van der Waals surface area contributed by atoms with Gasteiger partial charge in [-0.15, -0.1) is 11.3 Å². The molecule has 6 heteroatoms. The average Bonchev–Trinajstić information content (AvgIpc) is 3.09. The summed E-state index contributed by atoms with van der Waals surface area (Å²) in [5.74, 6) is -0.687. The molecular formula is C19H16N2O3S. The van der Waals surface area contributed by atoms with E-state index in [0.29, 0.717) is 16.3 Å². The molecule has 3 rings (SSSR count). The lowest BCUT2D eigenvalue weighted by atomic mass is 10.1. The smallest absolute Gasteiger partial charge is 0.265 e. The zero-order valence-corrected chi connectivity index (χ0v) is 14.3. The van der Waals surface area contributed by atoms with E-state index in [-0.39, 0.29) is 17.2 Å². The Morgan fingerprint density at radius 3 is 2.28 bits per heavy atom. The third kappa shape index (κ3) is 4.05. The number of rotatable bonds is 4. The van der Waals surface area contributed by atoms with Crippen LogP contribution >= 0.6 is 11.3 Å². The molecule has 0 bridgehead atoms. The summed E-state index contributed by atoms with van der Waals surface area (Å²) in [7, 11) is 0. The van der Waals surface area contributed by atoms with Crippen molar-refractivity contribution >= 4 is 34.5 Å². The molecule has 0 unspecified atom stereocenters. The Labute approximate surface area is 148 Å². The van der Waals surface area contributed by atoms with E-state index in [1.54, 1.807) is 42.5 Å². The van der Waals surface area contributed by atoms with Gasteiger partial charge in [0.1, 0.15) is 5.75 Å². The number of hydrogen-bond donors (Lipinski definition) is 3. The number of phenols is 1. The molecule has 3 N–H and O–H groups in total. The predicted molar refractivity (Wildman–Crippen MR) is 99.5 cm³/mol. The van der Waals surface area contributed by atoms with Crippen molar-refractivity contribution in [2.24, 2.45) is 0 Å². The van der Waals surface area contributed by atoms with E-state index in [1.807, 2.05) is 18.4 Å². The Morgan fingerprint density at radius 2 is 1.64 bits per heavy atom. The maximum atomic E-state index is 12.3. The first kappa shape index (κ1) is 16.7. The fraction of sp³-hybridized carbons (Fsp3) is 0.0526. The second-order valence-corrected chi connectivity index (χ2v) is 6.43. The summed E-state index contributed by atoms with van der Waals surface area (Å²) in [4.78, 5) is 25.0. The Balaban J connectivity index is 1.73. The largest absolute Gasteiger partial charge is 0.507 e. The van der Waals surface area contributed by atoms with E-state index in [4.69, 9.17) is 0 Å². The van der Waals surface area contributed by atoms with Crippen LogP contribution in [0, 0.1) is 6.92 Å². The van der Waals surface area contributed by atoms with Gasteiger partial charge in [0.25, 0.3) is 11.8 Å². The molecule has 0 aliphatic heterocycles. The van der Waals surface area contributed by atoms with Crippen LogP contribution in [0.4, 0.5) is 11.4 Å². The number of hydrogen-bond acceptors (Lipinski definition) is 4. The van der Waals surface area contributed by atoms with Crippen LogP contribution in [-0.4, -0.2) is 16.9 Å².